The molecule has 0 bridgehead atoms. The maximum absolute atomic E-state index is 6.25. The van der Waals surface area contributed by atoms with E-state index in [0.29, 0.717) is 0 Å². The molecule has 2 aromatic heterocycles. The van der Waals surface area contributed by atoms with Crippen molar-refractivity contribution >= 4 is 21.8 Å². The Morgan fingerprint density at radius 3 is 1.53 bits per heavy atom. The van der Waals surface area contributed by atoms with Crippen LogP contribution in [0.5, 0.6) is 0 Å². The van der Waals surface area contributed by atoms with Crippen LogP contribution in [0, 0.1) is 42.7 Å². The maximum atomic E-state index is 6.25. The van der Waals surface area contributed by atoms with E-state index in [1.54, 1.807) is 0 Å². The van der Waals surface area contributed by atoms with Crippen LogP contribution in [0.1, 0.15) is 5.56 Å². The molecule has 6 aromatic rings. The first-order valence-corrected chi connectivity index (χ1v) is 11.4. The molecule has 5 heteroatoms. The molecule has 0 aliphatic heterocycles. The van der Waals surface area contributed by atoms with Gasteiger partial charge in [-0.15, -0.1) is 71.3 Å². The van der Waals surface area contributed by atoms with E-state index in [-0.39, 0.29) is 20.1 Å². The maximum Gasteiger partial charge on any atom is 0.0595 e. The van der Waals surface area contributed by atoms with Gasteiger partial charge in [-0.05, 0) is 34.3 Å². The molecule has 0 saturated carbocycles. The third-order valence-corrected chi connectivity index (χ3v) is 5.43. The Kier molecular flexibility index (Phi) is 12.0. The summed E-state index contributed by atoms with van der Waals surface area (Å²) in [6.45, 7) is 11.6. The van der Waals surface area contributed by atoms with Crippen LogP contribution in [0.2, 0.25) is 0 Å². The summed E-state index contributed by atoms with van der Waals surface area (Å²) >= 11 is 0. The van der Waals surface area contributed by atoms with Gasteiger partial charge in [0.2, 0.25) is 0 Å². The van der Waals surface area contributed by atoms with Crippen LogP contribution in [-0.4, -0.2) is 9.97 Å². The Hall–Kier alpha value is -4.67. The summed E-state index contributed by atoms with van der Waals surface area (Å²) < 4.78 is 0. The number of para-hydroxylation sites is 2. The molecule has 0 saturated heterocycles. The minimum Gasteiger partial charge on any atom is -0.512 e. The van der Waals surface area contributed by atoms with Crippen molar-refractivity contribution in [3.8, 4) is 22.5 Å². The third kappa shape index (κ3) is 7.66. The number of aryl methyl sites for hydroxylation is 1. The van der Waals surface area contributed by atoms with Crippen molar-refractivity contribution in [2.24, 2.45) is 0 Å². The second kappa shape index (κ2) is 15.4. The largest absolute Gasteiger partial charge is 0.512 e. The normalized spacial score (nSPS) is 9.29. The van der Waals surface area contributed by atoms with Gasteiger partial charge >= 0.3 is 0 Å². The van der Waals surface area contributed by atoms with Crippen molar-refractivity contribution in [2.45, 2.75) is 6.92 Å². The van der Waals surface area contributed by atoms with Crippen LogP contribution < -0.4 is 0 Å². The van der Waals surface area contributed by atoms with Crippen molar-refractivity contribution in [3.05, 3.63) is 146 Å². The quantitative estimate of drug-likeness (QED) is 0.176. The topological polar surface area (TPSA) is 73.4 Å². The second-order valence-corrected chi connectivity index (χ2v) is 7.83. The first-order valence-electron chi connectivity index (χ1n) is 11.4. The van der Waals surface area contributed by atoms with Crippen LogP contribution in [-0.2, 0) is 20.1 Å². The number of hydrogen-bond acceptors (Lipinski definition) is 4. The molecule has 38 heavy (non-hydrogen) atoms. The smallest absolute Gasteiger partial charge is 0.0595 e. The minimum atomic E-state index is 0. The molecule has 187 valence electrons. The summed E-state index contributed by atoms with van der Waals surface area (Å²) in [6, 6.07) is 45.0. The van der Waals surface area contributed by atoms with E-state index in [0.717, 1.165) is 33.5 Å². The van der Waals surface area contributed by atoms with Gasteiger partial charge in [-0.25, -0.2) is 0 Å². The van der Waals surface area contributed by atoms with Crippen LogP contribution in [0.25, 0.3) is 44.3 Å². The van der Waals surface area contributed by atoms with Gasteiger partial charge in [-0.3, -0.25) is 9.97 Å². The molecule has 0 fully saturated rings. The molecule has 0 spiro atoms. The fraction of sp³-hybridized carbons (Fsp3) is 0.0303. The number of fused-ring (bicyclic) bond motifs is 2. The summed E-state index contributed by atoms with van der Waals surface area (Å²) in [5.41, 5.74) is 7.29. The van der Waals surface area contributed by atoms with Gasteiger partial charge in [0.25, 0.3) is 0 Å². The SMILES string of the molecule is Cc1c[c-]c(-c2ccc3ccccc3n2)cc1.[C-]#N.[C-]#N.[Ir].[c-]1ccccc1-c1ccc2ccccc2n1. The van der Waals surface area contributed by atoms with Gasteiger partial charge in [0, 0.05) is 20.1 Å². The van der Waals surface area contributed by atoms with Crippen LogP contribution >= 0.6 is 0 Å². The molecule has 2 heterocycles. The molecule has 1 radical (unpaired) electrons. The fourth-order valence-electron chi connectivity index (χ4n) is 3.65. The summed E-state index contributed by atoms with van der Waals surface area (Å²) in [4.78, 5) is 9.26. The first-order chi connectivity index (χ1) is 18.3. The van der Waals surface area contributed by atoms with Gasteiger partial charge in [0.1, 0.15) is 0 Å². The number of nitrogens with zero attached hydrogens (tertiary/aromatic N) is 4. The Morgan fingerprint density at radius 2 is 1.05 bits per heavy atom. The van der Waals surface area contributed by atoms with E-state index in [4.69, 9.17) is 23.7 Å². The molecule has 0 unspecified atom stereocenters. The Labute approximate surface area is 237 Å². The summed E-state index contributed by atoms with van der Waals surface area (Å²) in [5.74, 6) is 0. The van der Waals surface area contributed by atoms with E-state index in [1.165, 1.54) is 16.3 Å². The molecule has 0 aliphatic carbocycles. The summed E-state index contributed by atoms with van der Waals surface area (Å²) in [6.07, 6.45) is 0. The van der Waals surface area contributed by atoms with E-state index >= 15 is 0 Å². The van der Waals surface area contributed by atoms with Crippen molar-refractivity contribution in [1.82, 2.24) is 9.97 Å². The molecule has 4 nitrogen and oxygen atoms in total. The molecule has 4 aromatic carbocycles. The number of aromatic nitrogens is 2. The fourth-order valence-corrected chi connectivity index (χ4v) is 3.65. The van der Waals surface area contributed by atoms with E-state index in [2.05, 4.69) is 65.4 Å². The zero-order valence-corrected chi connectivity index (χ0v) is 23.0. The molecule has 6 rings (SSSR count). The zero-order chi connectivity index (χ0) is 26.5. The number of hydrogen-bond donors (Lipinski definition) is 0. The second-order valence-electron chi connectivity index (χ2n) is 7.83. The number of pyridine rings is 2. The molecule has 0 N–H and O–H groups in total. The number of benzene rings is 4. The zero-order valence-electron chi connectivity index (χ0n) is 20.6. The first kappa shape index (κ1) is 29.6. The van der Waals surface area contributed by atoms with Crippen molar-refractivity contribution in [1.29, 1.82) is 10.5 Å². The standard InChI is InChI=1S/C16H12N.C15H10N.2CN.Ir/c1-12-6-8-14(9-7-12)16-11-10-13-4-2-3-5-15(13)17-16;1-2-6-12(7-3-1)15-11-10-13-8-4-5-9-14(13)16-15;2*1-2;/h2-8,10-11H,1H3;1-6,8-11H;;;/q4*-1;. The molecule has 0 atom stereocenters. The Bertz CT molecular complexity index is 1600. The van der Waals surface area contributed by atoms with Gasteiger partial charge in [-0.2, -0.15) is 0 Å². The summed E-state index contributed by atoms with van der Waals surface area (Å²) in [7, 11) is 0. The number of rotatable bonds is 2. The van der Waals surface area contributed by atoms with Crippen LogP contribution in [0.3, 0.4) is 0 Å². The molecular weight excluding hydrogens is 645 g/mol. The monoisotopic (exact) mass is 667 g/mol. The van der Waals surface area contributed by atoms with Gasteiger partial charge < -0.3 is 23.7 Å². The van der Waals surface area contributed by atoms with Gasteiger partial charge in [0.15, 0.2) is 0 Å². The van der Waals surface area contributed by atoms with Crippen LogP contribution in [0.15, 0.2) is 115 Å². The van der Waals surface area contributed by atoms with Gasteiger partial charge in [0.05, 0.1) is 11.0 Å². The summed E-state index contributed by atoms with van der Waals surface area (Å²) in [5, 5.41) is 14.8. The Balaban J connectivity index is 0.000000231. The molecule has 0 amide bonds. The molecule has 0 aliphatic rings. The van der Waals surface area contributed by atoms with Crippen molar-refractivity contribution < 1.29 is 20.1 Å². The predicted molar refractivity (Wildman–Crippen MR) is 147 cm³/mol. The third-order valence-electron chi connectivity index (χ3n) is 5.43. The van der Waals surface area contributed by atoms with Crippen molar-refractivity contribution in [3.63, 3.8) is 0 Å². The average molecular weight is 667 g/mol. The molecular formula is C33H22IrN4-4. The van der Waals surface area contributed by atoms with Crippen LogP contribution in [0.4, 0.5) is 0 Å². The average Bonchev–Trinajstić information content (AvgIpc) is 3.00. The van der Waals surface area contributed by atoms with E-state index in [9.17, 15) is 0 Å². The van der Waals surface area contributed by atoms with Crippen molar-refractivity contribution in [2.75, 3.05) is 0 Å². The van der Waals surface area contributed by atoms with E-state index < -0.39 is 0 Å². The van der Waals surface area contributed by atoms with Gasteiger partial charge in [-0.1, -0.05) is 67.6 Å². The van der Waals surface area contributed by atoms with E-state index in [1.807, 2.05) is 78.9 Å². The predicted octanol–water partition coefficient (Wildman–Crippen LogP) is 7.90. The minimum absolute atomic E-state index is 0. The Morgan fingerprint density at radius 1 is 0.553 bits per heavy atom.